The smallest absolute Gasteiger partial charge is 0.0766 e. The largest absolute Gasteiger partial charge is 0.393 e. The molecule has 0 fully saturated rings. The van der Waals surface area contributed by atoms with Gasteiger partial charge >= 0.3 is 0 Å². The SMILES string of the molecule is CCc1nn(C)c(CC(O)CC(C)c2ccccc2)c1Br. The molecule has 2 rings (SSSR count). The minimum absolute atomic E-state index is 0.346. The van der Waals surface area contributed by atoms with Gasteiger partial charge in [0, 0.05) is 13.5 Å². The lowest BCUT2D eigenvalue weighted by atomic mass is 9.93. The van der Waals surface area contributed by atoms with E-state index in [9.17, 15) is 5.11 Å². The van der Waals surface area contributed by atoms with Crippen LogP contribution >= 0.6 is 15.9 Å². The van der Waals surface area contributed by atoms with E-state index >= 15 is 0 Å². The summed E-state index contributed by atoms with van der Waals surface area (Å²) in [5.41, 5.74) is 3.39. The van der Waals surface area contributed by atoms with Crippen LogP contribution in [0.3, 0.4) is 0 Å². The fourth-order valence-corrected chi connectivity index (χ4v) is 3.45. The van der Waals surface area contributed by atoms with Crippen molar-refractivity contribution >= 4 is 15.9 Å². The van der Waals surface area contributed by atoms with Gasteiger partial charge in [-0.2, -0.15) is 5.10 Å². The van der Waals surface area contributed by atoms with Crippen LogP contribution in [0.25, 0.3) is 0 Å². The second-order valence-electron chi connectivity index (χ2n) is 5.59. The van der Waals surface area contributed by atoms with E-state index in [0.717, 1.165) is 28.7 Å². The predicted molar refractivity (Wildman–Crippen MR) is 89.5 cm³/mol. The standard InChI is InChI=1S/C17H23BrN2O/c1-4-15-17(18)16(20(3)19-15)11-14(21)10-12(2)13-8-6-5-7-9-13/h5-9,12,14,21H,4,10-11H2,1-3H3. The second kappa shape index (κ2) is 7.23. The monoisotopic (exact) mass is 350 g/mol. The summed E-state index contributed by atoms with van der Waals surface area (Å²) in [5, 5.41) is 14.9. The normalized spacial score (nSPS) is 14.1. The number of hydrogen-bond donors (Lipinski definition) is 1. The number of halogens is 1. The molecule has 0 saturated carbocycles. The molecule has 0 radical (unpaired) electrons. The Morgan fingerprint density at radius 2 is 1.95 bits per heavy atom. The molecule has 2 aromatic rings. The van der Waals surface area contributed by atoms with Gasteiger partial charge in [-0.1, -0.05) is 44.2 Å². The lowest BCUT2D eigenvalue weighted by Gasteiger charge is -2.17. The highest BCUT2D eigenvalue weighted by molar-refractivity contribution is 9.10. The van der Waals surface area contributed by atoms with E-state index in [-0.39, 0.29) is 6.10 Å². The zero-order valence-corrected chi connectivity index (χ0v) is 14.5. The van der Waals surface area contributed by atoms with E-state index in [1.807, 2.05) is 29.9 Å². The van der Waals surface area contributed by atoms with Crippen LogP contribution in [0.15, 0.2) is 34.8 Å². The molecule has 0 spiro atoms. The molecule has 4 heteroatoms. The molecular weight excluding hydrogens is 328 g/mol. The molecule has 0 bridgehead atoms. The van der Waals surface area contributed by atoms with Crippen molar-refractivity contribution in [2.75, 3.05) is 0 Å². The van der Waals surface area contributed by atoms with Crippen molar-refractivity contribution in [3.63, 3.8) is 0 Å². The number of benzene rings is 1. The summed E-state index contributed by atoms with van der Waals surface area (Å²) in [7, 11) is 1.94. The van der Waals surface area contributed by atoms with Gasteiger partial charge in [0.15, 0.2) is 0 Å². The Bertz CT molecular complexity index is 580. The summed E-state index contributed by atoms with van der Waals surface area (Å²) in [4.78, 5) is 0. The third kappa shape index (κ3) is 3.95. The first kappa shape index (κ1) is 16.2. The Hall–Kier alpha value is -1.13. The first-order valence-corrected chi connectivity index (χ1v) is 8.25. The van der Waals surface area contributed by atoms with Gasteiger partial charge < -0.3 is 5.11 Å². The molecule has 1 aromatic heterocycles. The van der Waals surface area contributed by atoms with Gasteiger partial charge in [0.2, 0.25) is 0 Å². The van der Waals surface area contributed by atoms with Crippen LogP contribution in [-0.4, -0.2) is 21.0 Å². The van der Waals surface area contributed by atoms with Gasteiger partial charge in [-0.25, -0.2) is 0 Å². The van der Waals surface area contributed by atoms with Crippen LogP contribution in [0.2, 0.25) is 0 Å². The van der Waals surface area contributed by atoms with Gasteiger partial charge in [0.05, 0.1) is 22.0 Å². The average Bonchev–Trinajstić information content (AvgIpc) is 2.75. The third-order valence-electron chi connectivity index (χ3n) is 3.93. The van der Waals surface area contributed by atoms with Crippen molar-refractivity contribution in [1.82, 2.24) is 9.78 Å². The summed E-state index contributed by atoms with van der Waals surface area (Å²) in [6, 6.07) is 10.3. The maximum atomic E-state index is 10.4. The van der Waals surface area contributed by atoms with E-state index in [2.05, 4.69) is 47.0 Å². The Balaban J connectivity index is 2.02. The Morgan fingerprint density at radius 3 is 2.52 bits per heavy atom. The molecule has 2 unspecified atom stereocenters. The molecular formula is C17H23BrN2O. The predicted octanol–water partition coefficient (Wildman–Crippen LogP) is 3.84. The highest BCUT2D eigenvalue weighted by atomic mass is 79.9. The van der Waals surface area contributed by atoms with Crippen LogP contribution in [0.5, 0.6) is 0 Å². The highest BCUT2D eigenvalue weighted by Gasteiger charge is 2.18. The number of aliphatic hydroxyl groups is 1. The number of nitrogens with zero attached hydrogens (tertiary/aromatic N) is 2. The molecule has 1 heterocycles. The van der Waals surface area contributed by atoms with Crippen LogP contribution in [0.1, 0.15) is 43.1 Å². The first-order chi connectivity index (χ1) is 10.0. The van der Waals surface area contributed by atoms with Crippen LogP contribution < -0.4 is 0 Å². The molecule has 0 saturated heterocycles. The summed E-state index contributed by atoms with van der Waals surface area (Å²) in [6.07, 6.45) is 1.91. The fraction of sp³-hybridized carbons (Fsp3) is 0.471. The van der Waals surface area contributed by atoms with Crippen molar-refractivity contribution in [2.24, 2.45) is 7.05 Å². The minimum Gasteiger partial charge on any atom is -0.393 e. The van der Waals surface area contributed by atoms with E-state index < -0.39 is 0 Å². The third-order valence-corrected chi connectivity index (χ3v) is 4.84. The summed E-state index contributed by atoms with van der Waals surface area (Å²) in [5.74, 6) is 0.346. The molecule has 21 heavy (non-hydrogen) atoms. The van der Waals surface area contributed by atoms with Crippen LogP contribution in [-0.2, 0) is 19.9 Å². The number of hydrogen-bond acceptors (Lipinski definition) is 2. The van der Waals surface area contributed by atoms with Crippen molar-refractivity contribution < 1.29 is 5.11 Å². The second-order valence-corrected chi connectivity index (χ2v) is 6.38. The maximum absolute atomic E-state index is 10.4. The summed E-state index contributed by atoms with van der Waals surface area (Å²) in [6.45, 7) is 4.25. The molecule has 0 aliphatic rings. The van der Waals surface area contributed by atoms with Crippen LogP contribution in [0, 0.1) is 0 Å². The van der Waals surface area contributed by atoms with E-state index in [0.29, 0.717) is 12.3 Å². The van der Waals surface area contributed by atoms with E-state index in [4.69, 9.17) is 0 Å². The van der Waals surface area contributed by atoms with Gasteiger partial charge in [0.1, 0.15) is 0 Å². The lowest BCUT2D eigenvalue weighted by molar-refractivity contribution is 0.155. The molecule has 0 aliphatic carbocycles. The number of rotatable bonds is 6. The molecule has 0 aliphatic heterocycles. The Labute approximate surface area is 135 Å². The molecule has 2 atom stereocenters. The van der Waals surface area contributed by atoms with Crippen molar-refractivity contribution in [1.29, 1.82) is 0 Å². The fourth-order valence-electron chi connectivity index (χ4n) is 2.67. The summed E-state index contributed by atoms with van der Waals surface area (Å²) >= 11 is 3.61. The minimum atomic E-state index is -0.364. The van der Waals surface area contributed by atoms with Gasteiger partial charge in [-0.05, 0) is 40.3 Å². The number of aromatic nitrogens is 2. The van der Waals surface area contributed by atoms with Gasteiger partial charge in [0.25, 0.3) is 0 Å². The topological polar surface area (TPSA) is 38.0 Å². The first-order valence-electron chi connectivity index (χ1n) is 7.46. The van der Waals surface area contributed by atoms with Gasteiger partial charge in [-0.15, -0.1) is 0 Å². The highest BCUT2D eigenvalue weighted by Crippen LogP contribution is 2.26. The zero-order valence-electron chi connectivity index (χ0n) is 12.9. The quantitative estimate of drug-likeness (QED) is 0.859. The lowest BCUT2D eigenvalue weighted by Crippen LogP contribution is -2.16. The van der Waals surface area contributed by atoms with Gasteiger partial charge in [-0.3, -0.25) is 4.68 Å². The maximum Gasteiger partial charge on any atom is 0.0766 e. The zero-order chi connectivity index (χ0) is 15.4. The molecule has 0 amide bonds. The van der Waals surface area contributed by atoms with E-state index in [1.54, 1.807) is 0 Å². The summed E-state index contributed by atoms with van der Waals surface area (Å²) < 4.78 is 2.91. The van der Waals surface area contributed by atoms with Crippen LogP contribution in [0.4, 0.5) is 0 Å². The molecule has 114 valence electrons. The molecule has 1 aromatic carbocycles. The number of aliphatic hydroxyl groups excluding tert-OH is 1. The van der Waals surface area contributed by atoms with Crippen molar-refractivity contribution in [2.45, 2.75) is 45.1 Å². The number of aryl methyl sites for hydroxylation is 2. The van der Waals surface area contributed by atoms with E-state index in [1.165, 1.54) is 5.56 Å². The van der Waals surface area contributed by atoms with Crippen molar-refractivity contribution in [3.05, 3.63) is 51.8 Å². The average molecular weight is 351 g/mol. The Kier molecular flexibility index (Phi) is 5.59. The molecule has 3 nitrogen and oxygen atoms in total. The molecule has 1 N–H and O–H groups in total. The van der Waals surface area contributed by atoms with Crippen molar-refractivity contribution in [3.8, 4) is 0 Å². The Morgan fingerprint density at radius 1 is 1.29 bits per heavy atom.